The van der Waals surface area contributed by atoms with E-state index in [0.717, 1.165) is 11.4 Å². The van der Waals surface area contributed by atoms with Gasteiger partial charge in [-0.05, 0) is 12.0 Å². The van der Waals surface area contributed by atoms with Crippen molar-refractivity contribution in [1.82, 2.24) is 9.59 Å². The molecule has 0 bridgehead atoms. The number of benzene rings is 1. The number of nitrogens with zero attached hydrogens (tertiary/aromatic N) is 2. The Labute approximate surface area is 106 Å². The smallest absolute Gasteiger partial charge is 0.130 e. The summed E-state index contributed by atoms with van der Waals surface area (Å²) < 4.78 is 3.88. The molecule has 4 heteroatoms. The van der Waals surface area contributed by atoms with Gasteiger partial charge in [-0.15, -0.1) is 5.10 Å². The summed E-state index contributed by atoms with van der Waals surface area (Å²) in [5, 5.41) is 8.40. The Hall–Kier alpha value is -1.42. The van der Waals surface area contributed by atoms with Crippen molar-refractivity contribution in [2.45, 2.75) is 32.2 Å². The molecule has 0 saturated carbocycles. The van der Waals surface area contributed by atoms with E-state index in [1.165, 1.54) is 29.9 Å². The lowest BCUT2D eigenvalue weighted by Gasteiger charge is -2.18. The third-order valence-corrected chi connectivity index (χ3v) is 3.32. The fourth-order valence-electron chi connectivity index (χ4n) is 1.82. The second kappa shape index (κ2) is 6.35. The highest BCUT2D eigenvalue weighted by Crippen LogP contribution is 2.25. The largest absolute Gasteiger partial charge is 0.368 e. The average Bonchev–Trinajstić information content (AvgIpc) is 2.88. The average molecular weight is 247 g/mol. The van der Waals surface area contributed by atoms with Crippen LogP contribution in [0, 0.1) is 0 Å². The van der Waals surface area contributed by atoms with Gasteiger partial charge in [0, 0.05) is 11.5 Å². The van der Waals surface area contributed by atoms with E-state index >= 15 is 0 Å². The van der Waals surface area contributed by atoms with Crippen LogP contribution in [0.1, 0.15) is 37.8 Å². The fraction of sp³-hybridized carbons (Fsp3) is 0.385. The molecule has 1 aromatic carbocycles. The first-order valence-corrected chi connectivity index (χ1v) is 6.76. The van der Waals surface area contributed by atoms with Crippen LogP contribution < -0.4 is 5.32 Å². The summed E-state index contributed by atoms with van der Waals surface area (Å²) in [5.74, 6) is 0. The van der Waals surface area contributed by atoms with Crippen LogP contribution in [0.4, 0.5) is 5.00 Å². The van der Waals surface area contributed by atoms with Crippen molar-refractivity contribution in [2.75, 3.05) is 5.32 Å². The minimum atomic E-state index is 0.360. The van der Waals surface area contributed by atoms with Gasteiger partial charge in [-0.3, -0.25) is 0 Å². The molecule has 2 rings (SSSR count). The zero-order valence-corrected chi connectivity index (χ0v) is 10.8. The lowest BCUT2D eigenvalue weighted by atomic mass is 10.0. The number of rotatable bonds is 6. The fourth-order valence-corrected chi connectivity index (χ4v) is 2.29. The van der Waals surface area contributed by atoms with Crippen LogP contribution in [0.3, 0.4) is 0 Å². The molecule has 1 aromatic heterocycles. The van der Waals surface area contributed by atoms with Crippen LogP contribution in [0.2, 0.25) is 0 Å². The van der Waals surface area contributed by atoms with E-state index < -0.39 is 0 Å². The third-order valence-electron chi connectivity index (χ3n) is 2.73. The van der Waals surface area contributed by atoms with E-state index in [4.69, 9.17) is 0 Å². The molecule has 0 aliphatic carbocycles. The maximum Gasteiger partial charge on any atom is 0.130 e. The SMILES string of the molecule is CCCCC(Nc1cnns1)c1ccccc1. The van der Waals surface area contributed by atoms with Crippen LogP contribution in [0.5, 0.6) is 0 Å². The minimum Gasteiger partial charge on any atom is -0.368 e. The lowest BCUT2D eigenvalue weighted by Crippen LogP contribution is -2.09. The van der Waals surface area contributed by atoms with Gasteiger partial charge in [-0.1, -0.05) is 54.6 Å². The van der Waals surface area contributed by atoms with E-state index in [-0.39, 0.29) is 0 Å². The summed E-state index contributed by atoms with van der Waals surface area (Å²) in [5.41, 5.74) is 1.33. The quantitative estimate of drug-likeness (QED) is 0.841. The molecule has 1 atom stereocenters. The first kappa shape index (κ1) is 12.0. The van der Waals surface area contributed by atoms with E-state index in [1.54, 1.807) is 6.20 Å². The summed E-state index contributed by atoms with van der Waals surface area (Å²) in [4.78, 5) is 0. The van der Waals surface area contributed by atoms with Gasteiger partial charge < -0.3 is 5.32 Å². The van der Waals surface area contributed by atoms with Crippen LogP contribution in [-0.4, -0.2) is 9.59 Å². The molecule has 1 unspecified atom stereocenters. The zero-order chi connectivity index (χ0) is 11.9. The van der Waals surface area contributed by atoms with E-state index in [0.29, 0.717) is 6.04 Å². The third kappa shape index (κ3) is 3.53. The number of anilines is 1. The van der Waals surface area contributed by atoms with Gasteiger partial charge in [0.2, 0.25) is 0 Å². The Morgan fingerprint density at radius 2 is 2.12 bits per heavy atom. The zero-order valence-electron chi connectivity index (χ0n) is 9.97. The molecule has 0 aliphatic heterocycles. The molecule has 2 aromatic rings. The Morgan fingerprint density at radius 3 is 2.76 bits per heavy atom. The highest BCUT2D eigenvalue weighted by molar-refractivity contribution is 7.09. The second-order valence-electron chi connectivity index (χ2n) is 4.03. The van der Waals surface area contributed by atoms with Crippen molar-refractivity contribution in [3.05, 3.63) is 42.1 Å². The number of hydrogen-bond acceptors (Lipinski definition) is 4. The molecular formula is C13H17N3S. The molecule has 0 saturated heterocycles. The van der Waals surface area contributed by atoms with Gasteiger partial charge in [-0.25, -0.2) is 0 Å². The highest BCUT2D eigenvalue weighted by Gasteiger charge is 2.11. The van der Waals surface area contributed by atoms with Crippen LogP contribution in [0.25, 0.3) is 0 Å². The van der Waals surface area contributed by atoms with Gasteiger partial charge >= 0.3 is 0 Å². The molecule has 1 heterocycles. The molecule has 17 heavy (non-hydrogen) atoms. The normalized spacial score (nSPS) is 12.3. The predicted octanol–water partition coefficient (Wildman–Crippen LogP) is 3.88. The molecule has 0 spiro atoms. The Bertz CT molecular complexity index is 413. The monoisotopic (exact) mass is 247 g/mol. The lowest BCUT2D eigenvalue weighted by molar-refractivity contribution is 0.635. The Balaban J connectivity index is 2.08. The topological polar surface area (TPSA) is 37.8 Å². The van der Waals surface area contributed by atoms with Crippen LogP contribution >= 0.6 is 11.5 Å². The second-order valence-corrected chi connectivity index (χ2v) is 4.82. The number of nitrogens with one attached hydrogen (secondary N) is 1. The summed E-state index contributed by atoms with van der Waals surface area (Å²) in [6, 6.07) is 10.9. The van der Waals surface area contributed by atoms with Gasteiger partial charge in [0.25, 0.3) is 0 Å². The standard InChI is InChI=1S/C13H17N3S/c1-2-3-9-12(11-7-5-4-6-8-11)15-13-10-14-16-17-13/h4-8,10,12,15H,2-3,9H2,1H3. The Morgan fingerprint density at radius 1 is 1.29 bits per heavy atom. The van der Waals surface area contributed by atoms with E-state index in [1.807, 2.05) is 0 Å². The van der Waals surface area contributed by atoms with E-state index in [9.17, 15) is 0 Å². The minimum absolute atomic E-state index is 0.360. The molecule has 3 nitrogen and oxygen atoms in total. The maximum absolute atomic E-state index is 3.88. The molecule has 0 fully saturated rings. The summed E-state index contributed by atoms with van der Waals surface area (Å²) >= 11 is 1.41. The van der Waals surface area contributed by atoms with Crippen molar-refractivity contribution in [3.63, 3.8) is 0 Å². The Kier molecular flexibility index (Phi) is 4.50. The van der Waals surface area contributed by atoms with Crippen molar-refractivity contribution < 1.29 is 0 Å². The summed E-state index contributed by atoms with van der Waals surface area (Å²) in [6.07, 6.45) is 5.36. The van der Waals surface area contributed by atoms with Crippen molar-refractivity contribution in [2.24, 2.45) is 0 Å². The maximum atomic E-state index is 3.88. The van der Waals surface area contributed by atoms with Gasteiger partial charge in [0.05, 0.1) is 12.2 Å². The van der Waals surface area contributed by atoms with Crippen molar-refractivity contribution in [1.29, 1.82) is 0 Å². The predicted molar refractivity (Wildman–Crippen MR) is 72.2 cm³/mol. The first-order valence-electron chi connectivity index (χ1n) is 5.99. The highest BCUT2D eigenvalue weighted by atomic mass is 32.1. The van der Waals surface area contributed by atoms with Gasteiger partial charge in [0.15, 0.2) is 0 Å². The first-order chi connectivity index (χ1) is 8.40. The van der Waals surface area contributed by atoms with Crippen LogP contribution in [-0.2, 0) is 0 Å². The molecule has 0 radical (unpaired) electrons. The molecule has 1 N–H and O–H groups in total. The van der Waals surface area contributed by atoms with Crippen molar-refractivity contribution >= 4 is 16.5 Å². The van der Waals surface area contributed by atoms with Gasteiger partial charge in [-0.2, -0.15) is 0 Å². The molecule has 0 aliphatic rings. The molecule has 90 valence electrons. The van der Waals surface area contributed by atoms with Gasteiger partial charge in [0.1, 0.15) is 5.00 Å². The summed E-state index contributed by atoms with van der Waals surface area (Å²) in [6.45, 7) is 2.22. The summed E-state index contributed by atoms with van der Waals surface area (Å²) in [7, 11) is 0. The number of unbranched alkanes of at least 4 members (excludes halogenated alkanes) is 1. The van der Waals surface area contributed by atoms with Crippen molar-refractivity contribution in [3.8, 4) is 0 Å². The van der Waals surface area contributed by atoms with E-state index in [2.05, 4.69) is 52.2 Å². The number of hydrogen-bond donors (Lipinski definition) is 1. The molecular weight excluding hydrogens is 230 g/mol. The number of aromatic nitrogens is 2. The molecule has 0 amide bonds. The van der Waals surface area contributed by atoms with Crippen LogP contribution in [0.15, 0.2) is 36.5 Å².